The van der Waals surface area contributed by atoms with Crippen molar-refractivity contribution in [2.24, 2.45) is 3.77 Å². The number of hydrogen-bond donors (Lipinski definition) is 0. The third kappa shape index (κ3) is 4.88. The molecule has 2 unspecified atom stereocenters. The van der Waals surface area contributed by atoms with Gasteiger partial charge in [-0.25, -0.2) is 0 Å². The van der Waals surface area contributed by atoms with Gasteiger partial charge in [-0.05, 0) is 35.8 Å². The molecule has 140 valence electrons. The summed E-state index contributed by atoms with van der Waals surface area (Å²) >= 11 is 5.96. The van der Waals surface area contributed by atoms with Crippen molar-refractivity contribution in [3.05, 3.63) is 64.7 Å². The fraction of sp³-hybridized carbons (Fsp3) is 0.250. The minimum absolute atomic E-state index is 0.000838. The highest BCUT2D eigenvalue weighted by Crippen LogP contribution is 2.28. The number of para-hydroxylation sites is 1. The molecule has 0 aliphatic rings. The molecule has 0 bridgehead atoms. The summed E-state index contributed by atoms with van der Waals surface area (Å²) in [4.78, 5) is 11.0. The zero-order valence-corrected chi connectivity index (χ0v) is 16.2. The van der Waals surface area contributed by atoms with E-state index in [-0.39, 0.29) is 28.0 Å². The summed E-state index contributed by atoms with van der Waals surface area (Å²) in [5.41, 5.74) is -1.03. The van der Waals surface area contributed by atoms with Gasteiger partial charge in [0.1, 0.15) is 5.44 Å². The number of benzene rings is 2. The second-order valence-electron chi connectivity index (χ2n) is 4.94. The number of nitrogens with zero attached hydrogens (tertiary/aromatic N) is 2. The van der Waals surface area contributed by atoms with Crippen molar-refractivity contribution < 1.29 is 18.1 Å². The molecule has 0 saturated carbocycles. The summed E-state index contributed by atoms with van der Waals surface area (Å²) in [6, 6.07) is 13.5. The normalized spacial score (nSPS) is 14.1. The fourth-order valence-electron chi connectivity index (χ4n) is 2.11. The second-order valence-corrected chi connectivity index (χ2v) is 8.86. The maximum atomic E-state index is 12.7. The Balaban J connectivity index is 2.68. The van der Waals surface area contributed by atoms with Crippen LogP contribution in [0.5, 0.6) is 0 Å². The Labute approximate surface area is 159 Å². The molecule has 0 heterocycles. The lowest BCUT2D eigenvalue weighted by molar-refractivity contribution is -0.387. The summed E-state index contributed by atoms with van der Waals surface area (Å²) in [5, 5.41) is 11.4. The maximum absolute atomic E-state index is 12.7. The maximum Gasteiger partial charge on any atom is 0.288 e. The van der Waals surface area contributed by atoms with E-state index in [9.17, 15) is 18.5 Å². The topological polar surface area (TPSA) is 98.9 Å². The van der Waals surface area contributed by atoms with Gasteiger partial charge in [-0.2, -0.15) is 8.42 Å². The SMILES string of the molecule is CCOC(CCl)/S(=N\S(=O)(=O)c1ccccc1)c1ccccc1[N+](=O)[O-]. The van der Waals surface area contributed by atoms with Gasteiger partial charge in [0, 0.05) is 12.7 Å². The van der Waals surface area contributed by atoms with Crippen molar-refractivity contribution in [3.63, 3.8) is 0 Å². The van der Waals surface area contributed by atoms with Crippen LogP contribution < -0.4 is 0 Å². The van der Waals surface area contributed by atoms with E-state index < -0.39 is 31.1 Å². The summed E-state index contributed by atoms with van der Waals surface area (Å²) in [6.07, 6.45) is 0. The van der Waals surface area contributed by atoms with E-state index in [2.05, 4.69) is 3.77 Å². The Morgan fingerprint density at radius 3 is 2.38 bits per heavy atom. The molecule has 10 heteroatoms. The quantitative estimate of drug-likeness (QED) is 0.370. The molecule has 0 fully saturated rings. The van der Waals surface area contributed by atoms with Gasteiger partial charge < -0.3 is 4.74 Å². The zero-order valence-electron chi connectivity index (χ0n) is 13.8. The first-order valence-electron chi connectivity index (χ1n) is 7.58. The van der Waals surface area contributed by atoms with Crippen molar-refractivity contribution in [2.75, 3.05) is 12.5 Å². The van der Waals surface area contributed by atoms with Crippen LogP contribution in [0.1, 0.15) is 6.92 Å². The molecule has 0 N–H and O–H groups in total. The molecule has 2 aromatic rings. The average Bonchev–Trinajstić information content (AvgIpc) is 2.65. The minimum Gasteiger partial charge on any atom is -0.365 e. The van der Waals surface area contributed by atoms with Gasteiger partial charge >= 0.3 is 0 Å². The molecular formula is C16H17ClN2O5S2. The number of halogens is 1. The molecule has 0 aliphatic heterocycles. The first-order valence-corrected chi connectivity index (χ1v) is 10.8. The average molecular weight is 417 g/mol. The standard InChI is InChI=1S/C16H17ClN2O5S2/c1-2-24-16(12-17)25(15-11-7-6-10-14(15)19(20)21)18-26(22,23)13-8-4-3-5-9-13/h3-11,16H,2,12H2,1H3. The molecule has 0 saturated heterocycles. The predicted octanol–water partition coefficient (Wildman–Crippen LogP) is 3.75. The van der Waals surface area contributed by atoms with Crippen LogP contribution in [0, 0.1) is 10.1 Å². The Kier molecular flexibility index (Phi) is 7.27. The highest BCUT2D eigenvalue weighted by Gasteiger charge is 2.26. The zero-order chi connectivity index (χ0) is 19.2. The van der Waals surface area contributed by atoms with Crippen LogP contribution in [0.25, 0.3) is 0 Å². The number of nitro benzene ring substituents is 1. The highest BCUT2D eigenvalue weighted by atomic mass is 35.5. The Morgan fingerprint density at radius 2 is 1.81 bits per heavy atom. The molecule has 2 aromatic carbocycles. The molecular weight excluding hydrogens is 400 g/mol. The van der Waals surface area contributed by atoms with Crippen molar-refractivity contribution in [3.8, 4) is 0 Å². The van der Waals surface area contributed by atoms with E-state index >= 15 is 0 Å². The lowest BCUT2D eigenvalue weighted by Crippen LogP contribution is -2.23. The largest absolute Gasteiger partial charge is 0.365 e. The molecule has 0 aromatic heterocycles. The number of alkyl halides is 1. The minimum atomic E-state index is -4.05. The first-order chi connectivity index (χ1) is 12.4. The third-order valence-electron chi connectivity index (χ3n) is 3.23. The van der Waals surface area contributed by atoms with E-state index in [4.69, 9.17) is 16.3 Å². The third-order valence-corrected chi connectivity index (χ3v) is 7.59. The van der Waals surface area contributed by atoms with Crippen LogP contribution in [0.2, 0.25) is 0 Å². The van der Waals surface area contributed by atoms with Crippen molar-refractivity contribution >= 4 is 38.0 Å². The number of hydrogen-bond acceptors (Lipinski definition) is 5. The van der Waals surface area contributed by atoms with Crippen LogP contribution in [-0.2, 0) is 25.5 Å². The highest BCUT2D eigenvalue weighted by molar-refractivity contribution is 8.00. The smallest absolute Gasteiger partial charge is 0.288 e. The van der Waals surface area contributed by atoms with Crippen LogP contribution in [0.15, 0.2) is 68.2 Å². The Bertz CT molecular complexity index is 904. The summed E-state index contributed by atoms with van der Waals surface area (Å²) in [7, 11) is -5.53. The summed E-state index contributed by atoms with van der Waals surface area (Å²) < 4.78 is 34.9. The number of ether oxygens (including phenoxy) is 1. The lowest BCUT2D eigenvalue weighted by Gasteiger charge is -2.18. The number of nitro groups is 1. The van der Waals surface area contributed by atoms with Crippen molar-refractivity contribution in [2.45, 2.75) is 22.2 Å². The van der Waals surface area contributed by atoms with Gasteiger partial charge in [-0.3, -0.25) is 10.1 Å². The molecule has 2 rings (SSSR count). The van der Waals surface area contributed by atoms with E-state index in [0.29, 0.717) is 0 Å². The molecule has 0 radical (unpaired) electrons. The molecule has 7 nitrogen and oxygen atoms in total. The molecule has 0 aliphatic carbocycles. The van der Waals surface area contributed by atoms with E-state index in [1.54, 1.807) is 31.2 Å². The number of sulfonamides is 1. The first kappa shape index (κ1) is 20.5. The Hall–Kier alpha value is -1.81. The van der Waals surface area contributed by atoms with Gasteiger partial charge in [0.2, 0.25) is 0 Å². The van der Waals surface area contributed by atoms with Crippen molar-refractivity contribution in [1.82, 2.24) is 0 Å². The Morgan fingerprint density at radius 1 is 1.19 bits per heavy atom. The predicted molar refractivity (Wildman–Crippen MR) is 101 cm³/mol. The lowest BCUT2D eigenvalue weighted by atomic mass is 10.3. The second kappa shape index (κ2) is 9.22. The summed E-state index contributed by atoms with van der Waals surface area (Å²) in [6.45, 7) is 1.99. The van der Waals surface area contributed by atoms with E-state index in [1.165, 1.54) is 30.3 Å². The molecule has 0 amide bonds. The summed E-state index contributed by atoms with van der Waals surface area (Å²) in [5.74, 6) is -0.0587. The van der Waals surface area contributed by atoms with Gasteiger partial charge in [0.15, 0.2) is 0 Å². The van der Waals surface area contributed by atoms with Crippen LogP contribution in [0.4, 0.5) is 5.69 Å². The van der Waals surface area contributed by atoms with Gasteiger partial charge in [-0.15, -0.1) is 15.4 Å². The van der Waals surface area contributed by atoms with E-state index in [1.807, 2.05) is 0 Å². The van der Waals surface area contributed by atoms with Gasteiger partial charge in [0.05, 0.1) is 20.6 Å². The van der Waals surface area contributed by atoms with Crippen LogP contribution >= 0.6 is 11.6 Å². The van der Waals surface area contributed by atoms with Crippen LogP contribution in [-0.4, -0.2) is 31.3 Å². The monoisotopic (exact) mass is 416 g/mol. The fourth-order valence-corrected chi connectivity index (χ4v) is 6.20. The molecule has 2 atom stereocenters. The number of rotatable bonds is 8. The van der Waals surface area contributed by atoms with Gasteiger partial charge in [-0.1, -0.05) is 30.3 Å². The van der Waals surface area contributed by atoms with Crippen molar-refractivity contribution in [1.29, 1.82) is 0 Å². The van der Waals surface area contributed by atoms with Gasteiger partial charge in [0.25, 0.3) is 15.7 Å². The van der Waals surface area contributed by atoms with E-state index in [0.717, 1.165) is 0 Å². The molecule has 0 spiro atoms. The molecule has 26 heavy (non-hydrogen) atoms. The van der Waals surface area contributed by atoms with Crippen LogP contribution in [0.3, 0.4) is 0 Å².